The number of benzene rings is 2. The van der Waals surface area contributed by atoms with Crippen LogP contribution in [-0.2, 0) is 5.41 Å². The zero-order valence-corrected chi connectivity index (χ0v) is 20.4. The first kappa shape index (κ1) is 21.3. The number of aromatic amines is 2. The predicted octanol–water partition coefficient (Wildman–Crippen LogP) is 5.30. The second kappa shape index (κ2) is 7.13. The van der Waals surface area contributed by atoms with Crippen molar-refractivity contribution >= 4 is 45.2 Å². The highest BCUT2D eigenvalue weighted by Crippen LogP contribution is 2.67. The normalized spacial score (nSPS) is 21.3. The number of carbonyl (C=O) groups is 3. The number of nitrogens with one attached hydrogen (secondary N) is 3. The van der Waals surface area contributed by atoms with E-state index in [2.05, 4.69) is 15.3 Å². The highest BCUT2D eigenvalue weighted by Gasteiger charge is 2.68. The van der Waals surface area contributed by atoms with E-state index in [-0.39, 0.29) is 28.8 Å². The number of aryl methyl sites for hydroxylation is 1. The number of allylic oxidation sites excluding steroid dienone is 2. The van der Waals surface area contributed by atoms with Gasteiger partial charge in [-0.1, -0.05) is 18.2 Å². The summed E-state index contributed by atoms with van der Waals surface area (Å²) in [7, 11) is 0. The molecule has 1 saturated carbocycles. The van der Waals surface area contributed by atoms with Crippen LogP contribution in [-0.4, -0.2) is 39.0 Å². The second-order valence-electron chi connectivity index (χ2n) is 10.5. The number of hydrogen-bond acceptors (Lipinski definition) is 4. The summed E-state index contributed by atoms with van der Waals surface area (Å²) in [6, 6.07) is 16.4. The Morgan fingerprint density at radius 1 is 1.11 bits per heavy atom. The van der Waals surface area contributed by atoms with Gasteiger partial charge in [0, 0.05) is 51.9 Å². The van der Waals surface area contributed by atoms with E-state index < -0.39 is 0 Å². The second-order valence-corrected chi connectivity index (χ2v) is 10.5. The Morgan fingerprint density at radius 3 is 2.84 bits per heavy atom. The molecule has 38 heavy (non-hydrogen) atoms. The molecule has 0 bridgehead atoms. The van der Waals surface area contributed by atoms with Crippen molar-refractivity contribution in [1.29, 1.82) is 0 Å². The van der Waals surface area contributed by atoms with Crippen molar-refractivity contribution in [2.45, 2.75) is 18.8 Å². The maximum atomic E-state index is 13.7. The number of H-pyrrole nitrogens is 2. The van der Waals surface area contributed by atoms with Gasteiger partial charge in [0.15, 0.2) is 5.76 Å². The summed E-state index contributed by atoms with van der Waals surface area (Å²) in [6.45, 7) is 2.61. The van der Waals surface area contributed by atoms with Crippen molar-refractivity contribution in [2.24, 2.45) is 5.92 Å². The number of fused-ring (bicyclic) bond motifs is 3. The molecule has 8 rings (SSSR count). The van der Waals surface area contributed by atoms with Crippen molar-refractivity contribution < 1.29 is 18.8 Å². The van der Waals surface area contributed by atoms with E-state index in [0.717, 1.165) is 39.5 Å². The molecule has 8 nitrogen and oxygen atoms in total. The summed E-state index contributed by atoms with van der Waals surface area (Å²) < 4.78 is 5.67. The van der Waals surface area contributed by atoms with Crippen molar-refractivity contribution in [2.75, 3.05) is 11.9 Å². The SMILES string of the molecule is Cc1c[nH]c2c1[C@@]13C[C@H]1CN(C(=O)c1cc4cc(NC(=O)c5cc6ccccc6o5)ccc4[nH]1)C3=CC2=O. The van der Waals surface area contributed by atoms with E-state index in [1.807, 2.05) is 49.5 Å². The number of rotatable bonds is 3. The fourth-order valence-corrected chi connectivity index (χ4v) is 6.50. The molecule has 0 radical (unpaired) electrons. The minimum Gasteiger partial charge on any atom is -0.451 e. The van der Waals surface area contributed by atoms with Gasteiger partial charge in [0.2, 0.25) is 5.78 Å². The minimum atomic E-state index is -0.345. The fraction of sp³-hybridized carbons (Fsp3) is 0.167. The highest BCUT2D eigenvalue weighted by molar-refractivity contribution is 6.10. The van der Waals surface area contributed by atoms with Crippen LogP contribution in [0.15, 0.2) is 77.0 Å². The molecular formula is C30H22N4O4. The van der Waals surface area contributed by atoms with Crippen LogP contribution >= 0.6 is 0 Å². The van der Waals surface area contributed by atoms with Crippen LogP contribution in [0.3, 0.4) is 0 Å². The van der Waals surface area contributed by atoms with Gasteiger partial charge in [-0.3, -0.25) is 14.4 Å². The zero-order chi connectivity index (χ0) is 25.8. The zero-order valence-electron chi connectivity index (χ0n) is 20.4. The Hall–Kier alpha value is -4.85. The van der Waals surface area contributed by atoms with Crippen LogP contribution < -0.4 is 5.32 Å². The lowest BCUT2D eigenvalue weighted by Gasteiger charge is -2.28. The number of hydrogen-bond donors (Lipinski definition) is 3. The molecule has 2 atom stereocenters. The molecule has 1 saturated heterocycles. The minimum absolute atomic E-state index is 0.0828. The number of piperidine rings is 1. The molecule has 2 fully saturated rings. The van der Waals surface area contributed by atoms with Gasteiger partial charge in [-0.05, 0) is 66.8 Å². The van der Waals surface area contributed by atoms with Crippen LogP contribution in [0, 0.1) is 12.8 Å². The van der Waals surface area contributed by atoms with Crippen LogP contribution in [0.1, 0.15) is 49.1 Å². The molecule has 5 aromatic rings. The topological polar surface area (TPSA) is 111 Å². The molecule has 3 aromatic heterocycles. The predicted molar refractivity (Wildman–Crippen MR) is 141 cm³/mol. The summed E-state index contributed by atoms with van der Waals surface area (Å²) in [4.78, 5) is 47.4. The third-order valence-corrected chi connectivity index (χ3v) is 8.30. The number of aromatic nitrogens is 2. The van der Waals surface area contributed by atoms with Gasteiger partial charge in [0.05, 0.1) is 5.69 Å². The van der Waals surface area contributed by atoms with Crippen LogP contribution in [0.25, 0.3) is 21.9 Å². The van der Waals surface area contributed by atoms with E-state index in [0.29, 0.717) is 35.1 Å². The van der Waals surface area contributed by atoms with E-state index in [1.54, 1.807) is 29.2 Å². The van der Waals surface area contributed by atoms with Gasteiger partial charge in [0.25, 0.3) is 11.8 Å². The summed E-state index contributed by atoms with van der Waals surface area (Å²) in [5.74, 6) is -0.0310. The molecular weight excluding hydrogens is 480 g/mol. The molecule has 4 heterocycles. The van der Waals surface area contributed by atoms with Crippen molar-refractivity contribution in [3.63, 3.8) is 0 Å². The first-order chi connectivity index (χ1) is 18.4. The summed E-state index contributed by atoms with van der Waals surface area (Å²) in [5.41, 5.74) is 5.84. The van der Waals surface area contributed by atoms with E-state index >= 15 is 0 Å². The first-order valence-electron chi connectivity index (χ1n) is 12.6. The maximum absolute atomic E-state index is 13.7. The molecule has 0 unspecified atom stereocenters. The van der Waals surface area contributed by atoms with E-state index in [1.165, 1.54) is 0 Å². The number of para-hydroxylation sites is 1. The van der Waals surface area contributed by atoms with E-state index in [4.69, 9.17) is 4.42 Å². The Kier molecular flexibility index (Phi) is 3.99. The van der Waals surface area contributed by atoms with Crippen molar-refractivity contribution in [3.05, 3.63) is 101 Å². The first-order valence-corrected chi connectivity index (χ1v) is 12.6. The van der Waals surface area contributed by atoms with Gasteiger partial charge in [-0.15, -0.1) is 0 Å². The van der Waals surface area contributed by atoms with Crippen LogP contribution in [0.5, 0.6) is 0 Å². The average Bonchev–Trinajstić information content (AvgIpc) is 3.37. The lowest BCUT2D eigenvalue weighted by atomic mass is 9.83. The molecule has 8 heteroatoms. The number of likely N-dealkylation sites (tertiary alicyclic amines) is 1. The van der Waals surface area contributed by atoms with Crippen molar-refractivity contribution in [3.8, 4) is 0 Å². The van der Waals surface area contributed by atoms with Gasteiger partial charge in [-0.2, -0.15) is 0 Å². The Bertz CT molecular complexity index is 1870. The summed E-state index contributed by atoms with van der Waals surface area (Å²) >= 11 is 0. The van der Waals surface area contributed by atoms with Gasteiger partial charge in [0.1, 0.15) is 11.3 Å². The van der Waals surface area contributed by atoms with E-state index in [9.17, 15) is 14.4 Å². The monoisotopic (exact) mass is 502 g/mol. The van der Waals surface area contributed by atoms with Gasteiger partial charge in [-0.25, -0.2) is 0 Å². The van der Waals surface area contributed by atoms with Crippen molar-refractivity contribution in [1.82, 2.24) is 14.9 Å². The number of nitrogens with zero attached hydrogens (tertiary/aromatic N) is 1. The number of carbonyl (C=O) groups excluding carboxylic acids is 3. The Balaban J connectivity index is 1.07. The van der Waals surface area contributed by atoms with Crippen LogP contribution in [0.4, 0.5) is 5.69 Å². The number of furan rings is 1. The molecule has 2 amide bonds. The lowest BCUT2D eigenvalue weighted by Crippen LogP contribution is -2.34. The third-order valence-electron chi connectivity index (χ3n) is 8.30. The fourth-order valence-electron chi connectivity index (χ4n) is 6.50. The van der Waals surface area contributed by atoms with Gasteiger partial charge >= 0.3 is 0 Å². The Labute approximate surface area is 216 Å². The van der Waals surface area contributed by atoms with Gasteiger partial charge < -0.3 is 24.6 Å². The number of ketones is 1. The number of anilines is 1. The summed E-state index contributed by atoms with van der Waals surface area (Å²) in [5, 5.41) is 4.54. The lowest BCUT2D eigenvalue weighted by molar-refractivity contribution is 0.0806. The maximum Gasteiger partial charge on any atom is 0.291 e. The van der Waals surface area contributed by atoms with Crippen LogP contribution in [0.2, 0.25) is 0 Å². The third kappa shape index (κ3) is 2.77. The number of amides is 2. The molecule has 2 aliphatic carbocycles. The highest BCUT2D eigenvalue weighted by atomic mass is 16.3. The molecule has 3 N–H and O–H groups in total. The average molecular weight is 503 g/mol. The molecule has 3 aliphatic rings. The molecule has 1 aliphatic heterocycles. The smallest absolute Gasteiger partial charge is 0.291 e. The quantitative estimate of drug-likeness (QED) is 0.311. The standard InChI is InChI=1S/C30H22N4O4/c1-15-13-31-27-22(35)11-25-30(26(15)27)12-18(30)14-34(25)29(37)21-9-17-8-19(6-7-20(17)33-21)32-28(36)24-10-16-4-2-3-5-23(16)38-24/h2-11,13,18,31,33H,12,14H2,1H3,(H,32,36)/t18-,30-/m0/s1. The molecule has 2 aromatic carbocycles. The molecule has 186 valence electrons. The molecule has 1 spiro atoms. The summed E-state index contributed by atoms with van der Waals surface area (Å²) in [6.07, 6.45) is 4.48. The largest absolute Gasteiger partial charge is 0.451 e. The Morgan fingerprint density at radius 2 is 1.97 bits per heavy atom.